The van der Waals surface area contributed by atoms with Crippen molar-refractivity contribution in [3.8, 4) is 0 Å². The van der Waals surface area contributed by atoms with Gasteiger partial charge in [0.2, 0.25) is 5.95 Å². The number of nitrogens with zero attached hydrogens (tertiary/aromatic N) is 3. The summed E-state index contributed by atoms with van der Waals surface area (Å²) >= 11 is 0. The zero-order chi connectivity index (χ0) is 28.5. The Morgan fingerprint density at radius 2 is 1.76 bits per heavy atom. The summed E-state index contributed by atoms with van der Waals surface area (Å²) in [5, 5.41) is 7.41. The molecular weight excluding hydrogens is 496 g/mol. The van der Waals surface area contributed by atoms with E-state index in [4.69, 9.17) is 14.2 Å². The van der Waals surface area contributed by atoms with E-state index in [0.29, 0.717) is 19.0 Å². The Balaban J connectivity index is 2.42. The number of hydrogen-bond acceptors (Lipinski definition) is 9. The van der Waals surface area contributed by atoms with Gasteiger partial charge >= 0.3 is 24.2 Å². The first-order chi connectivity index (χ1) is 17.8. The molecule has 1 aliphatic heterocycles. The van der Waals surface area contributed by atoms with Gasteiger partial charge < -0.3 is 24.4 Å². The summed E-state index contributed by atoms with van der Waals surface area (Å²) in [5.41, 5.74) is 0.413. The highest BCUT2D eigenvalue weighted by Crippen LogP contribution is 2.28. The van der Waals surface area contributed by atoms with Crippen molar-refractivity contribution in [3.05, 3.63) is 17.3 Å². The highest BCUT2D eigenvalue weighted by molar-refractivity contribution is 6.03. The number of alkyl carbamates (subject to hydrolysis) is 2. The van der Waals surface area contributed by atoms with Crippen LogP contribution in [0.2, 0.25) is 0 Å². The minimum absolute atomic E-state index is 0.0283. The fraction of sp³-hybridized carbons (Fsp3) is 0.640. The molecular formula is C25H40N6O7. The fourth-order valence-electron chi connectivity index (χ4n) is 3.77. The van der Waals surface area contributed by atoms with Gasteiger partial charge in [0.25, 0.3) is 0 Å². The van der Waals surface area contributed by atoms with Gasteiger partial charge in [-0.3, -0.25) is 9.88 Å². The zero-order valence-corrected chi connectivity index (χ0v) is 23.3. The average Bonchev–Trinajstić information content (AvgIpc) is 3.14. The summed E-state index contributed by atoms with van der Waals surface area (Å²) in [6.45, 7) is 14.0. The number of allylic oxidation sites excluding steroid dienone is 2. The molecule has 1 fully saturated rings. The molecule has 0 aliphatic carbocycles. The van der Waals surface area contributed by atoms with Crippen LogP contribution in [-0.2, 0) is 20.8 Å². The van der Waals surface area contributed by atoms with Crippen molar-refractivity contribution in [2.75, 3.05) is 36.5 Å². The van der Waals surface area contributed by atoms with E-state index in [2.05, 4.69) is 15.6 Å². The normalized spacial score (nSPS) is 15.2. The molecule has 1 saturated heterocycles. The molecule has 1 aliphatic rings. The third-order valence-corrected chi connectivity index (χ3v) is 5.25. The van der Waals surface area contributed by atoms with Crippen LogP contribution in [0.4, 0.5) is 26.1 Å². The molecule has 4 amide bonds. The van der Waals surface area contributed by atoms with Crippen LogP contribution in [0, 0.1) is 0 Å². The van der Waals surface area contributed by atoms with Crippen molar-refractivity contribution in [2.24, 2.45) is 0 Å². The number of carbonyl (C=O) groups excluding carboxylic acids is 4. The second-order valence-corrected chi connectivity index (χ2v) is 9.95. The van der Waals surface area contributed by atoms with Gasteiger partial charge in [-0.05, 0) is 61.3 Å². The number of amides is 4. The average molecular weight is 537 g/mol. The predicted molar refractivity (Wildman–Crippen MR) is 141 cm³/mol. The quantitative estimate of drug-likeness (QED) is 0.256. The van der Waals surface area contributed by atoms with E-state index in [1.54, 1.807) is 39.2 Å². The van der Waals surface area contributed by atoms with Crippen LogP contribution >= 0.6 is 0 Å². The monoisotopic (exact) mass is 536 g/mol. The maximum atomic E-state index is 13.0. The van der Waals surface area contributed by atoms with Gasteiger partial charge in [0.1, 0.15) is 5.60 Å². The largest absolute Gasteiger partial charge is 0.461 e. The molecule has 0 aromatic carbocycles. The summed E-state index contributed by atoms with van der Waals surface area (Å²) in [7, 11) is 0. The standard InChI is InChI=1S/C25H40N6O7/c1-8-36-20(32)18-19(27-21(33)29-23(34)37-9-2)28-22(31(18)14-12-16(3)4)30-13-10-11-17(15-30)26-24(35)38-25(5,6)7/h12,17H,8-11,13-15H2,1-7H3,(H,26,35)(H2,27,29,33,34). The number of hydrogen-bond donors (Lipinski definition) is 3. The number of nitrogens with one attached hydrogen (secondary N) is 3. The van der Waals surface area contributed by atoms with Gasteiger partial charge in [-0.25, -0.2) is 24.5 Å². The zero-order valence-electron chi connectivity index (χ0n) is 23.3. The SMILES string of the molecule is CCOC(=O)NC(=O)Nc1nc(N2CCCC(NC(=O)OC(C)(C)C)C2)n(CC=C(C)C)c1C(=O)OCC. The third-order valence-electron chi connectivity index (χ3n) is 5.25. The van der Waals surface area contributed by atoms with Crippen molar-refractivity contribution >= 4 is 36.0 Å². The molecule has 1 aromatic rings. The Bertz CT molecular complexity index is 1040. The molecule has 13 nitrogen and oxygen atoms in total. The van der Waals surface area contributed by atoms with Crippen LogP contribution < -0.4 is 20.9 Å². The van der Waals surface area contributed by atoms with Crippen molar-refractivity contribution < 1.29 is 33.4 Å². The van der Waals surface area contributed by atoms with Gasteiger partial charge in [-0.2, -0.15) is 4.98 Å². The first kappa shape index (κ1) is 30.5. The topological polar surface area (TPSA) is 153 Å². The molecule has 13 heteroatoms. The number of carbonyl (C=O) groups is 4. The molecule has 0 spiro atoms. The predicted octanol–water partition coefficient (Wildman–Crippen LogP) is 3.80. The maximum Gasteiger partial charge on any atom is 0.415 e. The molecule has 1 unspecified atom stereocenters. The smallest absolute Gasteiger partial charge is 0.415 e. The fourth-order valence-corrected chi connectivity index (χ4v) is 3.77. The first-order valence-corrected chi connectivity index (χ1v) is 12.7. The first-order valence-electron chi connectivity index (χ1n) is 12.7. The van der Waals surface area contributed by atoms with Crippen LogP contribution in [0.3, 0.4) is 0 Å². The number of anilines is 2. The summed E-state index contributed by atoms with van der Waals surface area (Å²) in [4.78, 5) is 56.0. The Hall–Kier alpha value is -3.77. The van der Waals surface area contributed by atoms with Gasteiger partial charge in [0.05, 0.1) is 13.2 Å². The summed E-state index contributed by atoms with van der Waals surface area (Å²) < 4.78 is 17.0. The van der Waals surface area contributed by atoms with Gasteiger partial charge in [-0.1, -0.05) is 11.6 Å². The summed E-state index contributed by atoms with van der Waals surface area (Å²) in [5.74, 6) is -0.336. The lowest BCUT2D eigenvalue weighted by molar-refractivity contribution is 0.0495. The number of rotatable bonds is 8. The lowest BCUT2D eigenvalue weighted by Crippen LogP contribution is -2.49. The number of ether oxygens (including phenoxy) is 3. The Morgan fingerprint density at radius 1 is 1.08 bits per heavy atom. The second-order valence-electron chi connectivity index (χ2n) is 9.95. The number of aromatic nitrogens is 2. The number of piperidine rings is 1. The molecule has 2 rings (SSSR count). The molecule has 1 aromatic heterocycles. The van der Waals surface area contributed by atoms with Crippen LogP contribution in [0.1, 0.15) is 71.8 Å². The molecule has 0 saturated carbocycles. The maximum absolute atomic E-state index is 13.0. The lowest BCUT2D eigenvalue weighted by Gasteiger charge is -2.34. The van der Waals surface area contributed by atoms with Crippen LogP contribution in [-0.4, -0.2) is 71.7 Å². The minimum Gasteiger partial charge on any atom is -0.461 e. The van der Waals surface area contributed by atoms with Crippen molar-refractivity contribution in [3.63, 3.8) is 0 Å². The number of imidazole rings is 1. The minimum atomic E-state index is -0.932. The molecule has 1 atom stereocenters. The lowest BCUT2D eigenvalue weighted by atomic mass is 10.1. The molecule has 2 heterocycles. The van der Waals surface area contributed by atoms with E-state index in [0.717, 1.165) is 18.4 Å². The van der Waals surface area contributed by atoms with Crippen LogP contribution in [0.15, 0.2) is 11.6 Å². The third kappa shape index (κ3) is 9.27. The molecule has 212 valence electrons. The number of urea groups is 1. The van der Waals surface area contributed by atoms with E-state index in [1.165, 1.54) is 0 Å². The van der Waals surface area contributed by atoms with Crippen molar-refractivity contribution in [1.82, 2.24) is 20.2 Å². The van der Waals surface area contributed by atoms with Crippen LogP contribution in [0.25, 0.3) is 0 Å². The molecule has 38 heavy (non-hydrogen) atoms. The second kappa shape index (κ2) is 13.7. The summed E-state index contributed by atoms with van der Waals surface area (Å²) in [6.07, 6.45) is 1.96. The van der Waals surface area contributed by atoms with Gasteiger partial charge in [0, 0.05) is 25.7 Å². The molecule has 0 bridgehead atoms. The Labute approximate surface area is 223 Å². The Morgan fingerprint density at radius 3 is 2.37 bits per heavy atom. The molecule has 3 N–H and O–H groups in total. The van der Waals surface area contributed by atoms with E-state index in [1.807, 2.05) is 30.1 Å². The van der Waals surface area contributed by atoms with Crippen molar-refractivity contribution in [1.29, 1.82) is 0 Å². The number of esters is 1. The highest BCUT2D eigenvalue weighted by atomic mass is 16.6. The van der Waals surface area contributed by atoms with E-state index >= 15 is 0 Å². The van der Waals surface area contributed by atoms with E-state index < -0.39 is 29.8 Å². The van der Waals surface area contributed by atoms with E-state index in [9.17, 15) is 19.2 Å². The number of imide groups is 1. The van der Waals surface area contributed by atoms with E-state index in [-0.39, 0.29) is 37.3 Å². The van der Waals surface area contributed by atoms with Gasteiger partial charge in [-0.15, -0.1) is 0 Å². The van der Waals surface area contributed by atoms with Crippen LogP contribution in [0.5, 0.6) is 0 Å². The molecule has 0 radical (unpaired) electrons. The highest BCUT2D eigenvalue weighted by Gasteiger charge is 2.31. The summed E-state index contributed by atoms with van der Waals surface area (Å²) in [6, 6.07) is -1.13. The Kier molecular flexibility index (Phi) is 11.0. The van der Waals surface area contributed by atoms with Crippen molar-refractivity contribution in [2.45, 2.75) is 79.5 Å². The van der Waals surface area contributed by atoms with Gasteiger partial charge in [0.15, 0.2) is 11.5 Å².